The number of carbonyl (C=O) groups is 1. The Labute approximate surface area is 138 Å². The second-order valence-corrected chi connectivity index (χ2v) is 5.74. The highest BCUT2D eigenvalue weighted by Crippen LogP contribution is 2.14. The van der Waals surface area contributed by atoms with Crippen molar-refractivity contribution >= 4 is 5.78 Å². The first kappa shape index (κ1) is 19.1. The maximum Gasteiger partial charge on any atom is 0.193 e. The molecule has 2 aromatic rings. The van der Waals surface area contributed by atoms with Crippen molar-refractivity contribution in [3.05, 3.63) is 71.3 Å². The summed E-state index contributed by atoms with van der Waals surface area (Å²) in [5.41, 5.74) is 1.87. The van der Waals surface area contributed by atoms with Crippen molar-refractivity contribution in [2.24, 2.45) is 0 Å². The van der Waals surface area contributed by atoms with Gasteiger partial charge in [0, 0.05) is 11.1 Å². The first-order valence-corrected chi connectivity index (χ1v) is 7.89. The molecule has 2 aromatic carbocycles. The van der Waals surface area contributed by atoms with Gasteiger partial charge in [-0.1, -0.05) is 54.6 Å². The summed E-state index contributed by atoms with van der Waals surface area (Å²) in [4.78, 5) is 12.1. The number of hydrogen-bond acceptors (Lipinski definition) is 3. The summed E-state index contributed by atoms with van der Waals surface area (Å²) >= 11 is 0. The minimum absolute atomic E-state index is 0.0507. The largest absolute Gasteiger partial charge is 0.392 e. The van der Waals surface area contributed by atoms with E-state index in [4.69, 9.17) is 9.84 Å². The Morgan fingerprint density at radius 2 is 1.43 bits per heavy atom. The summed E-state index contributed by atoms with van der Waals surface area (Å²) in [5, 5.41) is 9.16. The molecule has 124 valence electrons. The van der Waals surface area contributed by atoms with Crippen LogP contribution in [0.2, 0.25) is 0 Å². The summed E-state index contributed by atoms with van der Waals surface area (Å²) < 4.78 is 5.25. The third-order valence-corrected chi connectivity index (χ3v) is 3.01. The Balaban J connectivity index is 0.000000322. The molecule has 2 rings (SSSR count). The number of ether oxygens (including phenoxy) is 1. The molecule has 0 aliphatic rings. The fourth-order valence-corrected chi connectivity index (χ4v) is 2.17. The maximum absolute atomic E-state index is 12.1. The molecule has 0 saturated heterocycles. The van der Waals surface area contributed by atoms with Crippen molar-refractivity contribution in [1.82, 2.24) is 0 Å². The highest BCUT2D eigenvalue weighted by molar-refractivity contribution is 6.09. The minimum atomic E-state index is -0.116. The van der Waals surface area contributed by atoms with Crippen LogP contribution >= 0.6 is 0 Å². The zero-order valence-electron chi connectivity index (χ0n) is 14.3. The quantitative estimate of drug-likeness (QED) is 0.840. The predicted molar refractivity (Wildman–Crippen MR) is 93.6 cm³/mol. The molecule has 0 saturated carbocycles. The Morgan fingerprint density at radius 1 is 0.913 bits per heavy atom. The molecule has 23 heavy (non-hydrogen) atoms. The second-order valence-electron chi connectivity index (χ2n) is 5.74. The van der Waals surface area contributed by atoms with Gasteiger partial charge in [0.1, 0.15) is 0 Å². The SMILES string of the molecule is CC(C)OC(C)C.O=C(c1ccccc1)c1ccccc1CO. The molecule has 0 fully saturated rings. The molecule has 0 atom stereocenters. The lowest BCUT2D eigenvalue weighted by atomic mass is 9.99. The van der Waals surface area contributed by atoms with E-state index in [0.717, 1.165) is 0 Å². The number of aliphatic hydroxyl groups is 1. The zero-order chi connectivity index (χ0) is 17.2. The lowest BCUT2D eigenvalue weighted by Gasteiger charge is -2.09. The molecule has 0 aliphatic carbocycles. The van der Waals surface area contributed by atoms with Crippen LogP contribution in [0.1, 0.15) is 49.2 Å². The molecule has 0 heterocycles. The van der Waals surface area contributed by atoms with E-state index in [9.17, 15) is 4.79 Å². The topological polar surface area (TPSA) is 46.5 Å². The van der Waals surface area contributed by atoms with Crippen LogP contribution in [0.3, 0.4) is 0 Å². The average molecular weight is 314 g/mol. The van der Waals surface area contributed by atoms with E-state index in [0.29, 0.717) is 28.9 Å². The molecule has 0 aromatic heterocycles. The molecule has 0 spiro atoms. The van der Waals surface area contributed by atoms with Crippen molar-refractivity contribution in [2.75, 3.05) is 0 Å². The van der Waals surface area contributed by atoms with Crippen LogP contribution in [-0.2, 0) is 11.3 Å². The van der Waals surface area contributed by atoms with Gasteiger partial charge in [0.15, 0.2) is 5.78 Å². The fourth-order valence-electron chi connectivity index (χ4n) is 2.17. The van der Waals surface area contributed by atoms with E-state index >= 15 is 0 Å². The van der Waals surface area contributed by atoms with Crippen LogP contribution in [-0.4, -0.2) is 23.1 Å². The highest BCUT2D eigenvalue weighted by atomic mass is 16.5. The molecule has 0 unspecified atom stereocenters. The van der Waals surface area contributed by atoms with Gasteiger partial charge in [-0.05, 0) is 33.3 Å². The first-order chi connectivity index (χ1) is 11.0. The number of hydrogen-bond donors (Lipinski definition) is 1. The monoisotopic (exact) mass is 314 g/mol. The van der Waals surface area contributed by atoms with Gasteiger partial charge < -0.3 is 9.84 Å². The van der Waals surface area contributed by atoms with Crippen molar-refractivity contribution in [3.8, 4) is 0 Å². The molecule has 1 N–H and O–H groups in total. The van der Waals surface area contributed by atoms with Crippen LogP contribution in [0, 0.1) is 0 Å². The van der Waals surface area contributed by atoms with Gasteiger partial charge in [-0.15, -0.1) is 0 Å². The molecule has 0 bridgehead atoms. The van der Waals surface area contributed by atoms with Gasteiger partial charge in [0.05, 0.1) is 18.8 Å². The summed E-state index contributed by atoms with van der Waals surface area (Å²) in [5.74, 6) is -0.0507. The maximum atomic E-state index is 12.1. The number of ketones is 1. The predicted octanol–water partition coefficient (Wildman–Crippen LogP) is 4.23. The van der Waals surface area contributed by atoms with Crippen LogP contribution in [0.5, 0.6) is 0 Å². The number of rotatable bonds is 5. The number of benzene rings is 2. The Kier molecular flexibility index (Phi) is 8.23. The average Bonchev–Trinajstić information content (AvgIpc) is 2.54. The van der Waals surface area contributed by atoms with Gasteiger partial charge in [-0.2, -0.15) is 0 Å². The lowest BCUT2D eigenvalue weighted by Crippen LogP contribution is -2.09. The van der Waals surface area contributed by atoms with E-state index < -0.39 is 0 Å². The van der Waals surface area contributed by atoms with E-state index in [1.807, 2.05) is 52.0 Å². The Hall–Kier alpha value is -1.97. The lowest BCUT2D eigenvalue weighted by molar-refractivity contribution is 0.0300. The van der Waals surface area contributed by atoms with Crippen LogP contribution in [0.15, 0.2) is 54.6 Å². The zero-order valence-corrected chi connectivity index (χ0v) is 14.3. The van der Waals surface area contributed by atoms with E-state index in [-0.39, 0.29) is 12.4 Å². The normalized spacial score (nSPS) is 10.4. The smallest absolute Gasteiger partial charge is 0.193 e. The van der Waals surface area contributed by atoms with Gasteiger partial charge in [0.2, 0.25) is 0 Å². The van der Waals surface area contributed by atoms with Crippen molar-refractivity contribution in [2.45, 2.75) is 46.5 Å². The van der Waals surface area contributed by atoms with Gasteiger partial charge in [-0.3, -0.25) is 4.79 Å². The van der Waals surface area contributed by atoms with Gasteiger partial charge in [0.25, 0.3) is 0 Å². The van der Waals surface area contributed by atoms with Crippen molar-refractivity contribution < 1.29 is 14.6 Å². The van der Waals surface area contributed by atoms with Crippen LogP contribution in [0.25, 0.3) is 0 Å². The summed E-state index contributed by atoms with van der Waals surface area (Å²) in [6.07, 6.45) is 0.750. The summed E-state index contributed by atoms with van der Waals surface area (Å²) in [6, 6.07) is 16.2. The van der Waals surface area contributed by atoms with Crippen LogP contribution in [0.4, 0.5) is 0 Å². The molecule has 3 heteroatoms. The van der Waals surface area contributed by atoms with Gasteiger partial charge >= 0.3 is 0 Å². The summed E-state index contributed by atoms with van der Waals surface area (Å²) in [6.45, 7) is 8.05. The molecular formula is C20H26O3. The Bertz CT molecular complexity index is 583. The first-order valence-electron chi connectivity index (χ1n) is 7.89. The van der Waals surface area contributed by atoms with E-state index in [1.54, 1.807) is 30.3 Å². The van der Waals surface area contributed by atoms with Crippen molar-refractivity contribution in [1.29, 1.82) is 0 Å². The van der Waals surface area contributed by atoms with E-state index in [1.165, 1.54) is 0 Å². The number of carbonyl (C=O) groups excluding carboxylic acids is 1. The van der Waals surface area contributed by atoms with Crippen molar-refractivity contribution in [3.63, 3.8) is 0 Å². The third-order valence-electron chi connectivity index (χ3n) is 3.01. The molecule has 0 aliphatic heterocycles. The third kappa shape index (κ3) is 6.76. The Morgan fingerprint density at radius 3 is 1.91 bits per heavy atom. The van der Waals surface area contributed by atoms with Gasteiger partial charge in [-0.25, -0.2) is 0 Å². The molecule has 0 radical (unpaired) electrons. The minimum Gasteiger partial charge on any atom is -0.392 e. The molecular weight excluding hydrogens is 288 g/mol. The fraction of sp³-hybridized carbons (Fsp3) is 0.350. The summed E-state index contributed by atoms with van der Waals surface area (Å²) in [7, 11) is 0. The highest BCUT2D eigenvalue weighted by Gasteiger charge is 2.11. The second kappa shape index (κ2) is 9.93. The standard InChI is InChI=1S/C14H12O2.C6H14O/c15-10-12-8-4-5-9-13(12)14(16)11-6-2-1-3-7-11;1-5(2)7-6(3)4/h1-9,15H,10H2;5-6H,1-4H3. The number of aliphatic hydroxyl groups excluding tert-OH is 1. The van der Waals surface area contributed by atoms with Crippen LogP contribution < -0.4 is 0 Å². The van der Waals surface area contributed by atoms with E-state index in [2.05, 4.69) is 0 Å². The molecule has 3 nitrogen and oxygen atoms in total. The molecule has 0 amide bonds.